The van der Waals surface area contributed by atoms with E-state index in [-0.39, 0.29) is 24.2 Å². The average Bonchev–Trinajstić information content (AvgIpc) is 2.98. The summed E-state index contributed by atoms with van der Waals surface area (Å²) in [5.74, 6) is -0.443. The van der Waals surface area contributed by atoms with Crippen LogP contribution < -0.4 is 0 Å². The van der Waals surface area contributed by atoms with Crippen LogP contribution in [-0.4, -0.2) is 47.8 Å². The summed E-state index contributed by atoms with van der Waals surface area (Å²) < 4.78 is 13.6. The smallest absolute Gasteiger partial charge is 0.242 e. The number of amides is 2. The molecule has 1 saturated heterocycles. The fraction of sp³-hybridized carbons (Fsp3) is 0.500. The molecule has 0 N–H and O–H groups in total. The number of nitrogens with zero attached hydrogens (tertiary/aromatic N) is 2. The van der Waals surface area contributed by atoms with Crippen LogP contribution in [0.1, 0.15) is 25.3 Å². The zero-order chi connectivity index (χ0) is 15.2. The molecule has 5 heteroatoms. The number of carbonyl (C=O) groups is 2. The standard InChI is InChI=1S/C16H21FN2O2/c1-13(20)19(12-16(21)18-9-4-5-10-18)11-8-14-6-2-3-7-15(14)17/h2-3,6-7H,4-5,8-12H2,1H3. The largest absolute Gasteiger partial charge is 0.341 e. The Morgan fingerprint density at radius 1 is 1.24 bits per heavy atom. The summed E-state index contributed by atoms with van der Waals surface area (Å²) in [6.07, 6.45) is 2.47. The van der Waals surface area contributed by atoms with Gasteiger partial charge in [-0.25, -0.2) is 4.39 Å². The van der Waals surface area contributed by atoms with Gasteiger partial charge in [0, 0.05) is 26.6 Å². The van der Waals surface area contributed by atoms with Gasteiger partial charge in [0.15, 0.2) is 0 Å². The second-order valence-electron chi connectivity index (χ2n) is 5.37. The lowest BCUT2D eigenvalue weighted by molar-refractivity contribution is -0.138. The Morgan fingerprint density at radius 2 is 1.90 bits per heavy atom. The molecular formula is C16H21FN2O2. The van der Waals surface area contributed by atoms with Crippen LogP contribution in [0.3, 0.4) is 0 Å². The van der Waals surface area contributed by atoms with Crippen molar-refractivity contribution in [3.05, 3.63) is 35.6 Å². The number of likely N-dealkylation sites (tertiary alicyclic amines) is 1. The SMILES string of the molecule is CC(=O)N(CCc1ccccc1F)CC(=O)N1CCCC1. The van der Waals surface area contributed by atoms with Gasteiger partial charge >= 0.3 is 0 Å². The highest BCUT2D eigenvalue weighted by molar-refractivity contribution is 5.84. The molecule has 114 valence electrons. The first-order valence-electron chi connectivity index (χ1n) is 7.34. The van der Waals surface area contributed by atoms with Crippen molar-refractivity contribution < 1.29 is 14.0 Å². The first-order valence-corrected chi connectivity index (χ1v) is 7.34. The van der Waals surface area contributed by atoms with Crippen LogP contribution in [0.5, 0.6) is 0 Å². The maximum Gasteiger partial charge on any atom is 0.242 e. The second kappa shape index (κ2) is 7.20. The van der Waals surface area contributed by atoms with E-state index in [1.165, 1.54) is 17.9 Å². The molecule has 0 radical (unpaired) electrons. The first kappa shape index (κ1) is 15.5. The highest BCUT2D eigenvalue weighted by Gasteiger charge is 2.21. The molecule has 1 aromatic rings. The molecule has 0 bridgehead atoms. The normalized spacial score (nSPS) is 14.3. The quantitative estimate of drug-likeness (QED) is 0.831. The van der Waals surface area contributed by atoms with Crippen LogP contribution in [-0.2, 0) is 16.0 Å². The fourth-order valence-corrected chi connectivity index (χ4v) is 2.53. The van der Waals surface area contributed by atoms with Gasteiger partial charge in [-0.15, -0.1) is 0 Å². The molecule has 0 atom stereocenters. The van der Waals surface area contributed by atoms with Gasteiger partial charge in [-0.2, -0.15) is 0 Å². The van der Waals surface area contributed by atoms with Crippen molar-refractivity contribution in [1.29, 1.82) is 0 Å². The van der Waals surface area contributed by atoms with E-state index in [1.807, 2.05) is 0 Å². The van der Waals surface area contributed by atoms with Crippen LogP contribution >= 0.6 is 0 Å². The van der Waals surface area contributed by atoms with Crippen molar-refractivity contribution in [2.75, 3.05) is 26.2 Å². The van der Waals surface area contributed by atoms with E-state index in [0.29, 0.717) is 18.5 Å². The minimum Gasteiger partial charge on any atom is -0.341 e. The van der Waals surface area contributed by atoms with Gasteiger partial charge in [-0.3, -0.25) is 9.59 Å². The summed E-state index contributed by atoms with van der Waals surface area (Å²) in [5, 5.41) is 0. The van der Waals surface area contributed by atoms with Crippen LogP contribution in [0.25, 0.3) is 0 Å². The molecule has 0 aliphatic carbocycles. The minimum atomic E-state index is -0.271. The Morgan fingerprint density at radius 3 is 2.52 bits per heavy atom. The molecular weight excluding hydrogens is 271 g/mol. The van der Waals surface area contributed by atoms with Gasteiger partial charge in [0.05, 0.1) is 6.54 Å². The van der Waals surface area contributed by atoms with Crippen LogP contribution in [0.15, 0.2) is 24.3 Å². The molecule has 1 heterocycles. The predicted octanol–water partition coefficient (Wildman–Crippen LogP) is 1.84. The van der Waals surface area contributed by atoms with Crippen molar-refractivity contribution in [2.24, 2.45) is 0 Å². The number of carbonyl (C=O) groups excluding carboxylic acids is 2. The van der Waals surface area contributed by atoms with E-state index >= 15 is 0 Å². The maximum absolute atomic E-state index is 13.6. The third-order valence-electron chi connectivity index (χ3n) is 3.84. The molecule has 0 spiro atoms. The summed E-state index contributed by atoms with van der Waals surface area (Å²) >= 11 is 0. The van der Waals surface area contributed by atoms with Crippen molar-refractivity contribution >= 4 is 11.8 Å². The van der Waals surface area contributed by atoms with Gasteiger partial charge in [0.25, 0.3) is 0 Å². The first-order chi connectivity index (χ1) is 10.1. The number of halogens is 1. The number of benzene rings is 1. The molecule has 1 aromatic carbocycles. The lowest BCUT2D eigenvalue weighted by Gasteiger charge is -2.24. The zero-order valence-corrected chi connectivity index (χ0v) is 12.3. The number of hydrogen-bond acceptors (Lipinski definition) is 2. The molecule has 1 fully saturated rings. The fourth-order valence-electron chi connectivity index (χ4n) is 2.53. The minimum absolute atomic E-state index is 0.0174. The molecule has 1 aliphatic heterocycles. The number of rotatable bonds is 5. The molecule has 0 aromatic heterocycles. The molecule has 4 nitrogen and oxygen atoms in total. The number of hydrogen-bond donors (Lipinski definition) is 0. The summed E-state index contributed by atoms with van der Waals surface area (Å²) in [6, 6.07) is 6.52. The Bertz CT molecular complexity index is 513. The van der Waals surface area contributed by atoms with E-state index in [1.54, 1.807) is 23.1 Å². The molecule has 0 unspecified atom stereocenters. The van der Waals surface area contributed by atoms with E-state index in [0.717, 1.165) is 25.9 Å². The van der Waals surface area contributed by atoms with Crippen molar-refractivity contribution in [2.45, 2.75) is 26.2 Å². The highest BCUT2D eigenvalue weighted by atomic mass is 19.1. The van der Waals surface area contributed by atoms with E-state index < -0.39 is 0 Å². The van der Waals surface area contributed by atoms with Crippen LogP contribution in [0, 0.1) is 5.82 Å². The summed E-state index contributed by atoms with van der Waals surface area (Å²) in [7, 11) is 0. The topological polar surface area (TPSA) is 40.6 Å². The summed E-state index contributed by atoms with van der Waals surface area (Å²) in [6.45, 7) is 3.44. The summed E-state index contributed by atoms with van der Waals surface area (Å²) in [4.78, 5) is 27.0. The van der Waals surface area contributed by atoms with Gasteiger partial charge in [-0.05, 0) is 30.9 Å². The zero-order valence-electron chi connectivity index (χ0n) is 12.3. The van der Waals surface area contributed by atoms with E-state index in [2.05, 4.69) is 0 Å². The Labute approximate surface area is 124 Å². The molecule has 21 heavy (non-hydrogen) atoms. The predicted molar refractivity (Wildman–Crippen MR) is 78.2 cm³/mol. The molecule has 2 rings (SSSR count). The van der Waals surface area contributed by atoms with Gasteiger partial charge < -0.3 is 9.80 Å². The Kier molecular flexibility index (Phi) is 5.31. The van der Waals surface area contributed by atoms with Crippen LogP contribution in [0.4, 0.5) is 4.39 Å². The average molecular weight is 292 g/mol. The van der Waals surface area contributed by atoms with Crippen molar-refractivity contribution in [1.82, 2.24) is 9.80 Å². The lowest BCUT2D eigenvalue weighted by Crippen LogP contribution is -2.41. The Balaban J connectivity index is 1.91. The maximum atomic E-state index is 13.6. The molecule has 1 aliphatic rings. The van der Waals surface area contributed by atoms with Crippen molar-refractivity contribution in [3.8, 4) is 0 Å². The van der Waals surface area contributed by atoms with Gasteiger partial charge in [0.2, 0.25) is 11.8 Å². The van der Waals surface area contributed by atoms with Crippen LogP contribution in [0.2, 0.25) is 0 Å². The Hall–Kier alpha value is -1.91. The van der Waals surface area contributed by atoms with Gasteiger partial charge in [0.1, 0.15) is 5.82 Å². The van der Waals surface area contributed by atoms with E-state index in [9.17, 15) is 14.0 Å². The third kappa shape index (κ3) is 4.28. The third-order valence-corrected chi connectivity index (χ3v) is 3.84. The summed E-state index contributed by atoms with van der Waals surface area (Å²) in [5.41, 5.74) is 0.567. The van der Waals surface area contributed by atoms with E-state index in [4.69, 9.17) is 0 Å². The second-order valence-corrected chi connectivity index (χ2v) is 5.37. The molecule has 0 saturated carbocycles. The monoisotopic (exact) mass is 292 g/mol. The molecule has 2 amide bonds. The van der Waals surface area contributed by atoms with Gasteiger partial charge in [-0.1, -0.05) is 18.2 Å². The lowest BCUT2D eigenvalue weighted by atomic mass is 10.1. The highest BCUT2D eigenvalue weighted by Crippen LogP contribution is 2.10. The van der Waals surface area contributed by atoms with Crippen molar-refractivity contribution in [3.63, 3.8) is 0 Å².